The Morgan fingerprint density at radius 2 is 1.85 bits per heavy atom. The minimum Gasteiger partial charge on any atom is -0.314 e. The molecule has 2 fully saturated rings. The maximum absolute atomic E-state index is 3.84. The molecule has 0 aromatic heterocycles. The summed E-state index contributed by atoms with van der Waals surface area (Å²) in [5, 5.41) is 3.84. The normalized spacial score (nSPS) is 31.5. The van der Waals surface area contributed by atoms with Crippen molar-refractivity contribution in [2.75, 3.05) is 20.1 Å². The molecule has 3 atom stereocenters. The highest BCUT2D eigenvalue weighted by Crippen LogP contribution is 2.34. The van der Waals surface area contributed by atoms with E-state index in [1.165, 1.54) is 70.9 Å². The molecule has 2 heteroatoms. The first kappa shape index (κ1) is 16.3. The van der Waals surface area contributed by atoms with Crippen LogP contribution in [-0.2, 0) is 0 Å². The van der Waals surface area contributed by atoms with Gasteiger partial charge in [0.05, 0.1) is 0 Å². The van der Waals surface area contributed by atoms with Crippen LogP contribution in [-0.4, -0.2) is 37.1 Å². The fourth-order valence-corrected chi connectivity index (χ4v) is 4.18. The first-order chi connectivity index (χ1) is 9.74. The SMILES string of the molecule is CCCNC1CCC(CCC)CC1CN(C)C1CCC1. The smallest absolute Gasteiger partial charge is 0.0108 e. The Labute approximate surface area is 126 Å². The molecule has 0 heterocycles. The minimum absolute atomic E-state index is 0.783. The van der Waals surface area contributed by atoms with Crippen LogP contribution in [0.15, 0.2) is 0 Å². The average molecular weight is 280 g/mol. The molecule has 20 heavy (non-hydrogen) atoms. The second-order valence-electron chi connectivity index (χ2n) is 7.31. The minimum atomic E-state index is 0.783. The standard InChI is InChI=1S/C18H36N2/c1-4-7-15-10-11-18(19-12-5-2)16(13-15)14-20(3)17-8-6-9-17/h15-19H,4-14H2,1-3H3. The molecule has 0 aromatic rings. The predicted octanol–water partition coefficient (Wildman–Crippen LogP) is 4.06. The first-order valence-electron chi connectivity index (χ1n) is 9.18. The summed E-state index contributed by atoms with van der Waals surface area (Å²) < 4.78 is 0. The van der Waals surface area contributed by atoms with Gasteiger partial charge in [0.1, 0.15) is 0 Å². The van der Waals surface area contributed by atoms with Gasteiger partial charge in [0.15, 0.2) is 0 Å². The van der Waals surface area contributed by atoms with E-state index in [1.807, 2.05) is 0 Å². The number of nitrogens with zero attached hydrogens (tertiary/aromatic N) is 1. The first-order valence-corrected chi connectivity index (χ1v) is 9.18. The van der Waals surface area contributed by atoms with E-state index in [0.717, 1.165) is 23.9 Å². The molecule has 1 N–H and O–H groups in total. The third-order valence-corrected chi connectivity index (χ3v) is 5.67. The van der Waals surface area contributed by atoms with E-state index in [2.05, 4.69) is 31.1 Å². The lowest BCUT2D eigenvalue weighted by Crippen LogP contribution is -2.48. The van der Waals surface area contributed by atoms with Crippen molar-refractivity contribution >= 4 is 0 Å². The van der Waals surface area contributed by atoms with Crippen molar-refractivity contribution in [3.8, 4) is 0 Å². The molecule has 0 bridgehead atoms. The lowest BCUT2D eigenvalue weighted by Gasteiger charge is -2.42. The summed E-state index contributed by atoms with van der Waals surface area (Å²) in [4.78, 5) is 2.67. The van der Waals surface area contributed by atoms with E-state index in [1.54, 1.807) is 0 Å². The second-order valence-corrected chi connectivity index (χ2v) is 7.31. The zero-order valence-corrected chi connectivity index (χ0v) is 14.0. The molecule has 0 spiro atoms. The fourth-order valence-electron chi connectivity index (χ4n) is 4.18. The molecule has 2 saturated carbocycles. The molecule has 0 aliphatic heterocycles. The summed E-state index contributed by atoms with van der Waals surface area (Å²) in [5.74, 6) is 1.89. The van der Waals surface area contributed by atoms with Crippen molar-refractivity contribution in [3.63, 3.8) is 0 Å². The molecular weight excluding hydrogens is 244 g/mol. The number of hydrogen-bond acceptors (Lipinski definition) is 2. The van der Waals surface area contributed by atoms with Crippen molar-refractivity contribution < 1.29 is 0 Å². The Balaban J connectivity index is 1.86. The summed E-state index contributed by atoms with van der Waals surface area (Å²) >= 11 is 0. The molecule has 2 aliphatic carbocycles. The van der Waals surface area contributed by atoms with Gasteiger partial charge >= 0.3 is 0 Å². The van der Waals surface area contributed by atoms with Crippen LogP contribution in [0.1, 0.15) is 71.6 Å². The van der Waals surface area contributed by atoms with Crippen LogP contribution >= 0.6 is 0 Å². The third-order valence-electron chi connectivity index (χ3n) is 5.67. The van der Waals surface area contributed by atoms with Gasteiger partial charge in [0, 0.05) is 18.6 Å². The Morgan fingerprint density at radius 3 is 2.45 bits per heavy atom. The molecule has 2 aliphatic rings. The van der Waals surface area contributed by atoms with Gasteiger partial charge in [0.2, 0.25) is 0 Å². The molecule has 0 saturated heterocycles. The van der Waals surface area contributed by atoms with E-state index in [4.69, 9.17) is 0 Å². The molecule has 2 rings (SSSR count). The van der Waals surface area contributed by atoms with Gasteiger partial charge in [-0.1, -0.05) is 33.1 Å². The van der Waals surface area contributed by atoms with Crippen molar-refractivity contribution in [3.05, 3.63) is 0 Å². The van der Waals surface area contributed by atoms with Crippen LogP contribution in [0.25, 0.3) is 0 Å². The Morgan fingerprint density at radius 1 is 1.05 bits per heavy atom. The highest BCUT2D eigenvalue weighted by Gasteiger charge is 2.32. The highest BCUT2D eigenvalue weighted by atomic mass is 15.1. The van der Waals surface area contributed by atoms with Crippen LogP contribution in [0.5, 0.6) is 0 Å². The largest absolute Gasteiger partial charge is 0.314 e. The Hall–Kier alpha value is -0.0800. The van der Waals surface area contributed by atoms with Gasteiger partial charge in [-0.15, -0.1) is 0 Å². The lowest BCUT2D eigenvalue weighted by atomic mass is 9.75. The molecule has 0 amide bonds. The molecule has 3 unspecified atom stereocenters. The summed E-state index contributed by atoms with van der Waals surface area (Å²) in [7, 11) is 2.37. The van der Waals surface area contributed by atoms with Crippen molar-refractivity contribution in [1.29, 1.82) is 0 Å². The summed E-state index contributed by atoms with van der Waals surface area (Å²) in [5.41, 5.74) is 0. The Bertz CT molecular complexity index is 262. The number of nitrogens with one attached hydrogen (secondary N) is 1. The lowest BCUT2D eigenvalue weighted by molar-refractivity contribution is 0.0953. The van der Waals surface area contributed by atoms with E-state index in [0.29, 0.717) is 0 Å². The van der Waals surface area contributed by atoms with Gasteiger partial charge in [0.25, 0.3) is 0 Å². The van der Waals surface area contributed by atoms with Crippen molar-refractivity contribution in [1.82, 2.24) is 10.2 Å². The van der Waals surface area contributed by atoms with Crippen LogP contribution in [0, 0.1) is 11.8 Å². The van der Waals surface area contributed by atoms with Crippen LogP contribution in [0.3, 0.4) is 0 Å². The topological polar surface area (TPSA) is 15.3 Å². The molecule has 0 aromatic carbocycles. The number of hydrogen-bond donors (Lipinski definition) is 1. The van der Waals surface area contributed by atoms with Crippen molar-refractivity contribution in [2.45, 2.75) is 83.7 Å². The van der Waals surface area contributed by atoms with Crippen molar-refractivity contribution in [2.24, 2.45) is 11.8 Å². The summed E-state index contributed by atoms with van der Waals surface area (Å²) in [6.45, 7) is 7.15. The van der Waals surface area contributed by atoms with E-state index in [-0.39, 0.29) is 0 Å². The van der Waals surface area contributed by atoms with Gasteiger partial charge in [-0.25, -0.2) is 0 Å². The summed E-state index contributed by atoms with van der Waals surface area (Å²) in [6.07, 6.45) is 12.7. The highest BCUT2D eigenvalue weighted by molar-refractivity contribution is 4.88. The molecular formula is C18H36N2. The zero-order chi connectivity index (χ0) is 14.4. The third kappa shape index (κ3) is 4.46. The van der Waals surface area contributed by atoms with E-state index in [9.17, 15) is 0 Å². The summed E-state index contributed by atoms with van der Waals surface area (Å²) in [6, 6.07) is 1.68. The van der Waals surface area contributed by atoms with Gasteiger partial charge in [-0.3, -0.25) is 0 Å². The quantitative estimate of drug-likeness (QED) is 0.721. The monoisotopic (exact) mass is 280 g/mol. The van der Waals surface area contributed by atoms with Crippen LogP contribution in [0.4, 0.5) is 0 Å². The van der Waals surface area contributed by atoms with Gasteiger partial charge in [-0.05, 0) is 64.0 Å². The van der Waals surface area contributed by atoms with E-state index < -0.39 is 0 Å². The van der Waals surface area contributed by atoms with Crippen LogP contribution < -0.4 is 5.32 Å². The molecule has 0 radical (unpaired) electrons. The second kappa shape index (κ2) is 8.38. The molecule has 2 nitrogen and oxygen atoms in total. The number of rotatable bonds is 8. The zero-order valence-electron chi connectivity index (χ0n) is 14.0. The van der Waals surface area contributed by atoms with Gasteiger partial charge < -0.3 is 10.2 Å². The van der Waals surface area contributed by atoms with E-state index >= 15 is 0 Å². The molecule has 118 valence electrons. The average Bonchev–Trinajstić information content (AvgIpc) is 2.36. The predicted molar refractivity (Wildman–Crippen MR) is 88.1 cm³/mol. The maximum Gasteiger partial charge on any atom is 0.0108 e. The fraction of sp³-hybridized carbons (Fsp3) is 1.00. The van der Waals surface area contributed by atoms with Gasteiger partial charge in [-0.2, -0.15) is 0 Å². The maximum atomic E-state index is 3.84. The Kier molecular flexibility index (Phi) is 6.83. The van der Waals surface area contributed by atoms with Crippen LogP contribution in [0.2, 0.25) is 0 Å².